The number of amides is 1. The number of likely N-dealkylation sites (tertiary alicyclic amines) is 1. The molecule has 1 amide bonds. The molecule has 248 valence electrons. The number of hydrogen-bond acceptors (Lipinski definition) is 7. The molecule has 0 radical (unpaired) electrons. The largest absolute Gasteiger partial charge is 0.487 e. The van der Waals surface area contributed by atoms with E-state index in [9.17, 15) is 23.1 Å². The number of carbonyl (C=O) groups is 2. The first-order valence-corrected chi connectivity index (χ1v) is 17.2. The molecule has 11 nitrogen and oxygen atoms in total. The van der Waals surface area contributed by atoms with Crippen molar-refractivity contribution in [1.29, 1.82) is 0 Å². The fraction of sp³-hybridized carbons (Fsp3) is 0.400. The lowest BCUT2D eigenvalue weighted by Gasteiger charge is -2.35. The summed E-state index contributed by atoms with van der Waals surface area (Å²) < 4.78 is 41.6. The molecule has 1 fully saturated rings. The zero-order valence-electron chi connectivity index (χ0n) is 27.2. The summed E-state index contributed by atoms with van der Waals surface area (Å²) in [7, 11) is -4.16. The molecule has 0 spiro atoms. The molecule has 4 N–H and O–H groups in total. The Morgan fingerprint density at radius 1 is 1.04 bits per heavy atom. The second kappa shape index (κ2) is 11.9. The lowest BCUT2D eigenvalue weighted by molar-refractivity contribution is -0.141. The summed E-state index contributed by atoms with van der Waals surface area (Å²) in [6, 6.07) is 13.9. The number of benzene rings is 3. The number of rotatable bonds is 6. The average molecular weight is 661 g/mol. The lowest BCUT2D eigenvalue weighted by atomic mass is 9.88. The zero-order chi connectivity index (χ0) is 33.8. The smallest absolute Gasteiger partial charge is 0.410 e. The first-order chi connectivity index (χ1) is 22.2. The van der Waals surface area contributed by atoms with E-state index in [0.717, 1.165) is 50.5 Å². The Morgan fingerprint density at radius 3 is 2.28 bits per heavy atom. The summed E-state index contributed by atoms with van der Waals surface area (Å²) in [6.45, 7) is 9.29. The third-order valence-corrected chi connectivity index (χ3v) is 11.3. The first kappa shape index (κ1) is 32.4. The first-order valence-electron chi connectivity index (χ1n) is 15.7. The standard InChI is InChI=1S/C35H40N4O7S/c1-19-20(2)31(21(3)23-14-15-35(4,5)46-30(19)23)47(43,44)38-33(36)37-22-16-29(32(40)41)39(17-22)34(42)45-18-28-26-12-8-6-10-24(26)25-11-7-9-13-27(25)28/h6-13,22,28-29H,14-18H2,1-5H3,(H,40,41)(H3,36,37,38)/t22-,29-/m0/s1. The molecule has 1 aliphatic carbocycles. The quantitative estimate of drug-likeness (QED) is 0.251. The van der Waals surface area contributed by atoms with E-state index in [0.29, 0.717) is 17.5 Å². The molecular formula is C35H40N4O7S. The van der Waals surface area contributed by atoms with Crippen LogP contribution < -0.4 is 15.2 Å². The number of aliphatic carboxylic acids is 1. The van der Waals surface area contributed by atoms with E-state index < -0.39 is 34.2 Å². The Balaban J connectivity index is 1.17. The van der Waals surface area contributed by atoms with Crippen LogP contribution in [0.2, 0.25) is 0 Å². The number of nitrogens with zero attached hydrogens (tertiary/aromatic N) is 2. The van der Waals surface area contributed by atoms with Gasteiger partial charge in [0.05, 0.1) is 10.9 Å². The van der Waals surface area contributed by atoms with Crippen LogP contribution in [0.5, 0.6) is 5.75 Å². The van der Waals surface area contributed by atoms with Gasteiger partial charge in [0.25, 0.3) is 10.0 Å². The van der Waals surface area contributed by atoms with Crippen molar-refractivity contribution in [3.63, 3.8) is 0 Å². The number of nitrogens with two attached hydrogens (primary N) is 1. The van der Waals surface area contributed by atoms with Crippen LogP contribution in [0, 0.1) is 20.8 Å². The van der Waals surface area contributed by atoms with Gasteiger partial charge in [0.15, 0.2) is 0 Å². The summed E-state index contributed by atoms with van der Waals surface area (Å²) in [4.78, 5) is 31.0. The van der Waals surface area contributed by atoms with E-state index in [4.69, 9.17) is 15.2 Å². The second-order valence-electron chi connectivity index (χ2n) is 13.2. The maximum Gasteiger partial charge on any atom is 0.410 e. The number of sulfonamides is 1. The van der Waals surface area contributed by atoms with Crippen molar-refractivity contribution in [2.45, 2.75) is 82.4 Å². The Bertz CT molecular complexity index is 1880. The lowest BCUT2D eigenvalue weighted by Crippen LogP contribution is -2.41. The van der Waals surface area contributed by atoms with Gasteiger partial charge in [-0.3, -0.25) is 4.90 Å². The third-order valence-electron chi connectivity index (χ3n) is 9.63. The number of nitrogens with one attached hydrogen (secondary N) is 1. The second-order valence-corrected chi connectivity index (χ2v) is 14.8. The molecule has 3 aromatic rings. The Kier molecular flexibility index (Phi) is 8.19. The third kappa shape index (κ3) is 5.90. The van der Waals surface area contributed by atoms with Crippen molar-refractivity contribution in [2.75, 3.05) is 13.2 Å². The minimum absolute atomic E-state index is 0.0347. The topological polar surface area (TPSA) is 161 Å². The van der Waals surface area contributed by atoms with Gasteiger partial charge in [-0.1, -0.05) is 48.5 Å². The van der Waals surface area contributed by atoms with E-state index in [2.05, 4.69) is 9.71 Å². The average Bonchev–Trinajstić information content (AvgIpc) is 3.57. The molecule has 0 saturated carbocycles. The number of fused-ring (bicyclic) bond motifs is 4. The number of ether oxygens (including phenoxy) is 2. The van der Waals surface area contributed by atoms with Gasteiger partial charge in [0.1, 0.15) is 24.0 Å². The maximum absolute atomic E-state index is 13.7. The van der Waals surface area contributed by atoms with Crippen LogP contribution in [-0.2, 0) is 26.0 Å². The van der Waals surface area contributed by atoms with Crippen molar-refractivity contribution in [1.82, 2.24) is 9.62 Å². The predicted molar refractivity (Wildman–Crippen MR) is 177 cm³/mol. The summed E-state index contributed by atoms with van der Waals surface area (Å²) in [5.41, 5.74) is 12.7. The molecule has 2 heterocycles. The molecular weight excluding hydrogens is 620 g/mol. The van der Waals surface area contributed by atoms with Crippen molar-refractivity contribution < 1.29 is 32.6 Å². The Morgan fingerprint density at radius 2 is 1.66 bits per heavy atom. The summed E-state index contributed by atoms with van der Waals surface area (Å²) in [5, 5.41) is 9.93. The highest BCUT2D eigenvalue weighted by atomic mass is 32.2. The number of carbonyl (C=O) groups excluding carboxylic acids is 1. The van der Waals surface area contributed by atoms with E-state index in [1.807, 2.05) is 69.3 Å². The summed E-state index contributed by atoms with van der Waals surface area (Å²) >= 11 is 0. The zero-order valence-corrected chi connectivity index (χ0v) is 28.0. The molecule has 0 unspecified atom stereocenters. The SMILES string of the molecule is Cc1c(C)c(S(=O)(=O)NC(N)=N[C@H]2C[C@@H](C(=O)O)N(C(=O)OCC3c4ccccc4-c4ccccc43)C2)c(C)c2c1OC(C)(C)CC2. The van der Waals surface area contributed by atoms with E-state index in [-0.39, 0.29) is 41.9 Å². The summed E-state index contributed by atoms with van der Waals surface area (Å²) in [6.07, 6.45) is 0.584. The van der Waals surface area contributed by atoms with Gasteiger partial charge in [-0.05, 0) is 92.0 Å². The number of carboxylic acid groups (broad SMARTS) is 1. The van der Waals surface area contributed by atoms with Gasteiger partial charge in [0.2, 0.25) is 5.96 Å². The van der Waals surface area contributed by atoms with Gasteiger partial charge < -0.3 is 20.3 Å². The minimum Gasteiger partial charge on any atom is -0.487 e. The number of carboxylic acids is 1. The van der Waals surface area contributed by atoms with Gasteiger partial charge >= 0.3 is 12.1 Å². The van der Waals surface area contributed by atoms with Crippen LogP contribution in [0.4, 0.5) is 4.79 Å². The van der Waals surface area contributed by atoms with E-state index >= 15 is 0 Å². The molecule has 6 rings (SSSR count). The van der Waals surface area contributed by atoms with Crippen LogP contribution >= 0.6 is 0 Å². The fourth-order valence-corrected chi connectivity index (χ4v) is 8.70. The van der Waals surface area contributed by atoms with Crippen LogP contribution in [-0.4, -0.2) is 67.3 Å². The van der Waals surface area contributed by atoms with Crippen LogP contribution in [0.25, 0.3) is 11.1 Å². The normalized spacial score (nSPS) is 20.2. The number of aliphatic imine (C=N–C) groups is 1. The highest BCUT2D eigenvalue weighted by Gasteiger charge is 2.42. The molecule has 47 heavy (non-hydrogen) atoms. The van der Waals surface area contributed by atoms with Crippen molar-refractivity contribution >= 4 is 28.0 Å². The van der Waals surface area contributed by atoms with Gasteiger partial charge in [-0.2, -0.15) is 0 Å². The Labute approximate surface area is 274 Å². The molecule has 0 bridgehead atoms. The molecule has 0 aromatic heterocycles. The van der Waals surface area contributed by atoms with Gasteiger partial charge in [0, 0.05) is 18.9 Å². The molecule has 1 saturated heterocycles. The van der Waals surface area contributed by atoms with Gasteiger partial charge in [-0.25, -0.2) is 27.7 Å². The van der Waals surface area contributed by atoms with Crippen molar-refractivity contribution in [2.24, 2.45) is 10.7 Å². The van der Waals surface area contributed by atoms with Crippen LogP contribution in [0.15, 0.2) is 58.4 Å². The molecule has 3 aromatic carbocycles. The molecule has 12 heteroatoms. The summed E-state index contributed by atoms with van der Waals surface area (Å²) in [5.74, 6) is -1.07. The highest BCUT2D eigenvalue weighted by Crippen LogP contribution is 2.45. The monoisotopic (exact) mass is 660 g/mol. The minimum atomic E-state index is -4.16. The molecule has 3 aliphatic rings. The van der Waals surface area contributed by atoms with E-state index in [1.165, 1.54) is 0 Å². The predicted octanol–water partition coefficient (Wildman–Crippen LogP) is 4.79. The Hall–Kier alpha value is -4.58. The number of guanidine groups is 1. The molecule has 2 aliphatic heterocycles. The van der Waals surface area contributed by atoms with Crippen molar-refractivity contribution in [3.05, 3.63) is 81.9 Å². The van der Waals surface area contributed by atoms with E-state index in [1.54, 1.807) is 13.8 Å². The van der Waals surface area contributed by atoms with Crippen molar-refractivity contribution in [3.8, 4) is 16.9 Å². The van der Waals surface area contributed by atoms with Crippen LogP contribution in [0.1, 0.15) is 66.0 Å². The van der Waals surface area contributed by atoms with Crippen LogP contribution in [0.3, 0.4) is 0 Å². The highest BCUT2D eigenvalue weighted by molar-refractivity contribution is 7.90. The number of hydrogen-bond donors (Lipinski definition) is 3. The maximum atomic E-state index is 13.7. The van der Waals surface area contributed by atoms with Gasteiger partial charge in [-0.15, -0.1) is 0 Å². The fourth-order valence-electron chi connectivity index (χ4n) is 7.18. The molecule has 2 atom stereocenters.